The second kappa shape index (κ2) is 8.89. The van der Waals surface area contributed by atoms with Crippen molar-refractivity contribution in [3.8, 4) is 11.5 Å². The Morgan fingerprint density at radius 2 is 1.81 bits per heavy atom. The topological polar surface area (TPSA) is 69.5 Å². The number of carbonyl (C=O) groups excluding carboxylic acids is 1. The zero-order valence-electron chi connectivity index (χ0n) is 19.1. The normalized spacial score (nSPS) is 20.4. The first kappa shape index (κ1) is 21.7. The Hall–Kier alpha value is -2.57. The number of hydrogen-bond acceptors (Lipinski definition) is 5. The number of methoxy groups -OCH3 is 2. The fourth-order valence-corrected chi connectivity index (χ4v) is 5.42. The molecular formula is C24H34N4O3. The van der Waals surface area contributed by atoms with Crippen molar-refractivity contribution < 1.29 is 14.3 Å². The lowest BCUT2D eigenvalue weighted by Gasteiger charge is -2.37. The molecule has 1 aromatic heterocycles. The van der Waals surface area contributed by atoms with Gasteiger partial charge in [-0.2, -0.15) is 0 Å². The summed E-state index contributed by atoms with van der Waals surface area (Å²) >= 11 is 0. The lowest BCUT2D eigenvalue weighted by Crippen LogP contribution is -2.34. The molecule has 1 amide bonds. The van der Waals surface area contributed by atoms with Gasteiger partial charge < -0.3 is 18.9 Å². The van der Waals surface area contributed by atoms with Crippen molar-refractivity contribution in [2.75, 3.05) is 27.3 Å². The lowest BCUT2D eigenvalue weighted by atomic mass is 9.67. The van der Waals surface area contributed by atoms with Crippen molar-refractivity contribution in [3.63, 3.8) is 0 Å². The molecule has 1 aliphatic carbocycles. The maximum absolute atomic E-state index is 13.6. The highest BCUT2D eigenvalue weighted by molar-refractivity contribution is 5.95. The van der Waals surface area contributed by atoms with Crippen LogP contribution in [0.1, 0.15) is 68.1 Å². The van der Waals surface area contributed by atoms with Crippen LogP contribution in [-0.2, 0) is 6.54 Å². The minimum Gasteiger partial charge on any atom is -0.497 e. The molecule has 1 saturated heterocycles. The standard InChI is InChI=1S/C24H34N4O3/c1-17(2)13-28-16-25-26-22(28)21-14-27(15-24(21)8-6-5-7-9-24)23(29)18-10-19(30-3)12-20(11-18)31-4/h10-12,16-17,21H,5-9,13-15H2,1-4H3. The second-order valence-corrected chi connectivity index (χ2v) is 9.50. The van der Waals surface area contributed by atoms with E-state index in [2.05, 4.69) is 28.6 Å². The minimum absolute atomic E-state index is 0.0274. The van der Waals surface area contributed by atoms with Gasteiger partial charge in [0.15, 0.2) is 0 Å². The number of nitrogens with zero attached hydrogens (tertiary/aromatic N) is 4. The van der Waals surface area contributed by atoms with Gasteiger partial charge in [0.1, 0.15) is 23.7 Å². The number of amides is 1. The van der Waals surface area contributed by atoms with Crippen molar-refractivity contribution in [2.45, 2.75) is 58.4 Å². The average Bonchev–Trinajstić information content (AvgIpc) is 3.37. The highest BCUT2D eigenvalue weighted by Crippen LogP contribution is 2.52. The van der Waals surface area contributed by atoms with Crippen LogP contribution in [0.5, 0.6) is 11.5 Å². The Labute approximate surface area is 184 Å². The predicted octanol–water partition coefficient (Wildman–Crippen LogP) is 4.14. The summed E-state index contributed by atoms with van der Waals surface area (Å²) in [5.74, 6) is 3.05. The van der Waals surface area contributed by atoms with E-state index in [1.54, 1.807) is 32.4 Å². The van der Waals surface area contributed by atoms with Gasteiger partial charge in [0.05, 0.1) is 14.2 Å². The molecule has 2 aliphatic rings. The van der Waals surface area contributed by atoms with E-state index in [-0.39, 0.29) is 17.2 Å². The van der Waals surface area contributed by atoms with Gasteiger partial charge >= 0.3 is 0 Å². The molecule has 7 heteroatoms. The molecule has 168 valence electrons. The number of aromatic nitrogens is 3. The number of hydrogen-bond donors (Lipinski definition) is 0. The molecule has 2 aromatic rings. The van der Waals surface area contributed by atoms with Gasteiger partial charge in [0, 0.05) is 37.2 Å². The first-order chi connectivity index (χ1) is 15.0. The summed E-state index contributed by atoms with van der Waals surface area (Å²) in [4.78, 5) is 15.6. The SMILES string of the molecule is COc1cc(OC)cc(C(=O)N2CC(c3nncn3CC(C)C)C3(CCCCC3)C2)c1. The van der Waals surface area contributed by atoms with Gasteiger partial charge in [-0.1, -0.05) is 33.1 Å². The van der Waals surface area contributed by atoms with Crippen LogP contribution in [-0.4, -0.2) is 52.9 Å². The van der Waals surface area contributed by atoms with Gasteiger partial charge in [-0.25, -0.2) is 0 Å². The number of ether oxygens (including phenoxy) is 2. The minimum atomic E-state index is 0.0274. The van der Waals surface area contributed by atoms with Crippen LogP contribution >= 0.6 is 0 Å². The third-order valence-corrected chi connectivity index (χ3v) is 6.90. The first-order valence-corrected chi connectivity index (χ1v) is 11.4. The average molecular weight is 427 g/mol. The maximum atomic E-state index is 13.6. The summed E-state index contributed by atoms with van der Waals surface area (Å²) in [6.45, 7) is 6.76. The summed E-state index contributed by atoms with van der Waals surface area (Å²) < 4.78 is 13.0. The number of likely N-dealkylation sites (tertiary alicyclic amines) is 1. The van der Waals surface area contributed by atoms with E-state index in [1.807, 2.05) is 11.2 Å². The zero-order chi connectivity index (χ0) is 22.0. The van der Waals surface area contributed by atoms with Crippen molar-refractivity contribution in [2.24, 2.45) is 11.3 Å². The maximum Gasteiger partial charge on any atom is 0.254 e. The molecular weight excluding hydrogens is 392 g/mol. The smallest absolute Gasteiger partial charge is 0.254 e. The van der Waals surface area contributed by atoms with Gasteiger partial charge in [0.2, 0.25) is 0 Å². The quantitative estimate of drug-likeness (QED) is 0.694. The number of carbonyl (C=O) groups is 1. The van der Waals surface area contributed by atoms with Gasteiger partial charge in [0.25, 0.3) is 5.91 Å². The van der Waals surface area contributed by atoms with E-state index in [0.29, 0.717) is 29.5 Å². The molecule has 0 radical (unpaired) electrons. The fourth-order valence-electron chi connectivity index (χ4n) is 5.42. The zero-order valence-corrected chi connectivity index (χ0v) is 19.1. The largest absolute Gasteiger partial charge is 0.497 e. The van der Waals surface area contributed by atoms with Crippen LogP contribution in [0, 0.1) is 11.3 Å². The van der Waals surface area contributed by atoms with E-state index in [4.69, 9.17) is 9.47 Å². The second-order valence-electron chi connectivity index (χ2n) is 9.50. The molecule has 0 bridgehead atoms. The van der Waals surface area contributed by atoms with E-state index in [1.165, 1.54) is 19.3 Å². The molecule has 1 saturated carbocycles. The summed E-state index contributed by atoms with van der Waals surface area (Å²) in [6, 6.07) is 5.39. The molecule has 31 heavy (non-hydrogen) atoms. The molecule has 1 atom stereocenters. The van der Waals surface area contributed by atoms with E-state index in [0.717, 1.165) is 31.8 Å². The van der Waals surface area contributed by atoms with E-state index >= 15 is 0 Å². The molecule has 1 aromatic carbocycles. The van der Waals surface area contributed by atoms with Crippen LogP contribution < -0.4 is 9.47 Å². The Morgan fingerprint density at radius 3 is 2.42 bits per heavy atom. The van der Waals surface area contributed by atoms with Crippen LogP contribution in [0.15, 0.2) is 24.5 Å². The fraction of sp³-hybridized carbons (Fsp3) is 0.625. The Morgan fingerprint density at radius 1 is 1.13 bits per heavy atom. The molecule has 7 nitrogen and oxygen atoms in total. The van der Waals surface area contributed by atoms with Crippen molar-refractivity contribution >= 4 is 5.91 Å². The van der Waals surface area contributed by atoms with Crippen LogP contribution in [0.4, 0.5) is 0 Å². The summed E-state index contributed by atoms with van der Waals surface area (Å²) in [6.07, 6.45) is 7.82. The highest BCUT2D eigenvalue weighted by Gasteiger charge is 2.50. The monoisotopic (exact) mass is 426 g/mol. The summed E-state index contributed by atoms with van der Waals surface area (Å²) in [5, 5.41) is 8.80. The van der Waals surface area contributed by atoms with Gasteiger partial charge in [-0.3, -0.25) is 4.79 Å². The Balaban J connectivity index is 1.66. The molecule has 4 rings (SSSR count). The third kappa shape index (κ3) is 4.27. The number of benzene rings is 1. The van der Waals surface area contributed by atoms with Crippen LogP contribution in [0.3, 0.4) is 0 Å². The Kier molecular flexibility index (Phi) is 6.21. The predicted molar refractivity (Wildman–Crippen MR) is 119 cm³/mol. The first-order valence-electron chi connectivity index (χ1n) is 11.4. The summed E-state index contributed by atoms with van der Waals surface area (Å²) in [7, 11) is 3.21. The molecule has 0 N–H and O–H groups in total. The molecule has 1 aliphatic heterocycles. The summed E-state index contributed by atoms with van der Waals surface area (Å²) in [5.41, 5.74) is 0.685. The Bertz CT molecular complexity index is 895. The van der Waals surface area contributed by atoms with Crippen LogP contribution in [0.25, 0.3) is 0 Å². The highest BCUT2D eigenvalue weighted by atomic mass is 16.5. The van der Waals surface area contributed by atoms with Crippen molar-refractivity contribution in [3.05, 3.63) is 35.9 Å². The van der Waals surface area contributed by atoms with Gasteiger partial charge in [-0.15, -0.1) is 10.2 Å². The number of rotatable bonds is 6. The van der Waals surface area contributed by atoms with Crippen molar-refractivity contribution in [1.82, 2.24) is 19.7 Å². The van der Waals surface area contributed by atoms with E-state index < -0.39 is 0 Å². The molecule has 2 heterocycles. The molecule has 1 spiro atoms. The lowest BCUT2D eigenvalue weighted by molar-refractivity contribution is 0.0757. The van der Waals surface area contributed by atoms with E-state index in [9.17, 15) is 4.79 Å². The molecule has 1 unspecified atom stereocenters. The van der Waals surface area contributed by atoms with Gasteiger partial charge in [-0.05, 0) is 36.3 Å². The third-order valence-electron chi connectivity index (χ3n) is 6.90. The van der Waals surface area contributed by atoms with Crippen molar-refractivity contribution in [1.29, 1.82) is 0 Å². The molecule has 2 fully saturated rings. The van der Waals surface area contributed by atoms with Crippen LogP contribution in [0.2, 0.25) is 0 Å².